The minimum absolute atomic E-state index is 0.0311. The fourth-order valence-corrected chi connectivity index (χ4v) is 5.24. The molecule has 0 atom stereocenters. The Labute approximate surface area is 193 Å². The number of para-hydroxylation sites is 2. The Bertz CT molecular complexity index is 1210. The molecule has 1 aliphatic heterocycles. The summed E-state index contributed by atoms with van der Waals surface area (Å²) in [7, 11) is 0. The molecule has 0 radical (unpaired) electrons. The Balaban J connectivity index is 1.37. The number of tetrazole rings is 1. The average molecular weight is 462 g/mol. The van der Waals surface area contributed by atoms with Crippen LogP contribution >= 0.6 is 23.5 Å². The van der Waals surface area contributed by atoms with Crippen molar-refractivity contribution in [2.45, 2.75) is 21.9 Å². The van der Waals surface area contributed by atoms with Crippen LogP contribution in [0.1, 0.15) is 6.92 Å². The van der Waals surface area contributed by atoms with Crippen LogP contribution in [0.15, 0.2) is 87.7 Å². The van der Waals surface area contributed by atoms with E-state index in [1.165, 1.54) is 11.8 Å². The van der Waals surface area contributed by atoms with Gasteiger partial charge >= 0.3 is 0 Å². The Morgan fingerprint density at radius 1 is 0.969 bits per heavy atom. The minimum atomic E-state index is -0.0311. The van der Waals surface area contributed by atoms with Gasteiger partial charge in [0.25, 0.3) is 0 Å². The summed E-state index contributed by atoms with van der Waals surface area (Å²) in [5.41, 5.74) is 2.60. The van der Waals surface area contributed by atoms with E-state index in [2.05, 4.69) is 15.5 Å². The number of aromatic nitrogens is 4. The predicted molar refractivity (Wildman–Crippen MR) is 125 cm³/mol. The topological polar surface area (TPSA) is 73.1 Å². The summed E-state index contributed by atoms with van der Waals surface area (Å²) in [5, 5.41) is 12.6. The Hall–Kier alpha value is -3.30. The number of benzene rings is 3. The van der Waals surface area contributed by atoms with Crippen molar-refractivity contribution < 1.29 is 9.53 Å². The third-order valence-electron chi connectivity index (χ3n) is 4.84. The van der Waals surface area contributed by atoms with Crippen LogP contribution in [0, 0.1) is 0 Å². The second kappa shape index (κ2) is 9.05. The molecule has 0 saturated heterocycles. The van der Waals surface area contributed by atoms with Gasteiger partial charge in [-0.1, -0.05) is 47.8 Å². The zero-order chi connectivity index (χ0) is 21.9. The molecule has 0 spiro atoms. The van der Waals surface area contributed by atoms with Crippen molar-refractivity contribution >= 4 is 40.8 Å². The number of ether oxygens (including phenoxy) is 1. The van der Waals surface area contributed by atoms with Crippen molar-refractivity contribution in [1.82, 2.24) is 20.2 Å². The molecular weight excluding hydrogens is 442 g/mol. The first-order chi connectivity index (χ1) is 15.7. The number of thioether (sulfide) groups is 1. The third kappa shape index (κ3) is 3.96. The van der Waals surface area contributed by atoms with Crippen LogP contribution < -0.4 is 9.64 Å². The molecule has 32 heavy (non-hydrogen) atoms. The summed E-state index contributed by atoms with van der Waals surface area (Å²) < 4.78 is 7.12. The maximum Gasteiger partial charge on any atom is 0.242 e. The summed E-state index contributed by atoms with van der Waals surface area (Å²) in [4.78, 5) is 17.3. The zero-order valence-electron chi connectivity index (χ0n) is 17.2. The molecule has 0 saturated carbocycles. The van der Waals surface area contributed by atoms with Crippen LogP contribution in [0.5, 0.6) is 5.75 Å². The molecule has 2 heterocycles. The van der Waals surface area contributed by atoms with Crippen molar-refractivity contribution in [2.24, 2.45) is 0 Å². The molecular formula is C23H19N5O2S2. The van der Waals surface area contributed by atoms with E-state index in [1.54, 1.807) is 21.3 Å². The predicted octanol–water partition coefficient (Wildman–Crippen LogP) is 4.98. The number of amides is 1. The lowest BCUT2D eigenvalue weighted by molar-refractivity contribution is -0.115. The van der Waals surface area contributed by atoms with Gasteiger partial charge < -0.3 is 4.74 Å². The van der Waals surface area contributed by atoms with Crippen LogP contribution in [0.2, 0.25) is 0 Å². The maximum absolute atomic E-state index is 13.4. The minimum Gasteiger partial charge on any atom is -0.494 e. The monoisotopic (exact) mass is 461 g/mol. The Kier molecular flexibility index (Phi) is 5.83. The van der Waals surface area contributed by atoms with Crippen molar-refractivity contribution in [1.29, 1.82) is 0 Å². The smallest absolute Gasteiger partial charge is 0.242 e. The molecule has 0 aliphatic carbocycles. The van der Waals surface area contributed by atoms with E-state index in [9.17, 15) is 4.79 Å². The first kappa shape index (κ1) is 20.6. The van der Waals surface area contributed by atoms with Gasteiger partial charge in [-0.3, -0.25) is 9.69 Å². The van der Waals surface area contributed by atoms with Crippen molar-refractivity contribution in [3.8, 4) is 11.4 Å². The normalized spacial score (nSPS) is 12.2. The zero-order valence-corrected chi connectivity index (χ0v) is 18.8. The van der Waals surface area contributed by atoms with E-state index >= 15 is 0 Å². The van der Waals surface area contributed by atoms with Crippen LogP contribution in [-0.4, -0.2) is 38.5 Å². The van der Waals surface area contributed by atoms with Crippen LogP contribution in [0.4, 0.5) is 11.4 Å². The highest BCUT2D eigenvalue weighted by molar-refractivity contribution is 8.00. The van der Waals surface area contributed by atoms with E-state index in [4.69, 9.17) is 4.74 Å². The summed E-state index contributed by atoms with van der Waals surface area (Å²) >= 11 is 2.99. The lowest BCUT2D eigenvalue weighted by Crippen LogP contribution is -2.30. The number of nitrogens with zero attached hydrogens (tertiary/aromatic N) is 5. The SMILES string of the molecule is CCOc1ccc(-n2nnnc2SCC(=O)N2c3ccccc3Sc3ccccc32)cc1. The van der Waals surface area contributed by atoms with Gasteiger partial charge in [0.2, 0.25) is 11.1 Å². The first-order valence-corrected chi connectivity index (χ1v) is 11.9. The molecule has 9 heteroatoms. The number of carbonyl (C=O) groups excluding carboxylic acids is 1. The molecule has 0 N–H and O–H groups in total. The third-order valence-corrected chi connectivity index (χ3v) is 6.87. The molecule has 1 amide bonds. The highest BCUT2D eigenvalue weighted by Gasteiger charge is 2.28. The van der Waals surface area contributed by atoms with Crippen LogP contribution in [0.25, 0.3) is 5.69 Å². The Morgan fingerprint density at radius 2 is 1.62 bits per heavy atom. The maximum atomic E-state index is 13.4. The number of carbonyl (C=O) groups is 1. The van der Waals surface area contributed by atoms with Crippen LogP contribution in [0.3, 0.4) is 0 Å². The number of anilines is 2. The molecule has 4 aromatic rings. The fraction of sp³-hybridized carbons (Fsp3) is 0.130. The van der Waals surface area contributed by atoms with E-state index in [0.717, 1.165) is 32.6 Å². The summed E-state index contributed by atoms with van der Waals surface area (Å²) in [6.07, 6.45) is 0. The number of hydrogen-bond acceptors (Lipinski definition) is 7. The molecule has 1 aliphatic rings. The second-order valence-electron chi connectivity index (χ2n) is 6.86. The fourth-order valence-electron chi connectivity index (χ4n) is 3.45. The second-order valence-corrected chi connectivity index (χ2v) is 8.88. The van der Waals surface area contributed by atoms with Gasteiger partial charge in [0, 0.05) is 9.79 Å². The highest BCUT2D eigenvalue weighted by Crippen LogP contribution is 2.48. The van der Waals surface area contributed by atoms with Gasteiger partial charge in [-0.15, -0.1) is 5.10 Å². The molecule has 1 aromatic heterocycles. The molecule has 0 bridgehead atoms. The number of rotatable bonds is 6. The van der Waals surface area contributed by atoms with Crippen molar-refractivity contribution in [3.63, 3.8) is 0 Å². The number of hydrogen-bond donors (Lipinski definition) is 0. The van der Waals surface area contributed by atoms with Gasteiger partial charge in [0.15, 0.2) is 0 Å². The largest absolute Gasteiger partial charge is 0.494 e. The first-order valence-electron chi connectivity index (χ1n) is 10.1. The summed E-state index contributed by atoms with van der Waals surface area (Å²) in [6.45, 7) is 2.55. The molecule has 0 fully saturated rings. The standard InChI is InChI=1S/C23H19N5O2S2/c1-2-30-17-13-11-16(12-14-17)28-23(24-25-26-28)31-15-22(29)27-18-7-3-5-9-20(18)32-21-10-6-4-8-19(21)27/h3-14H,2,15H2,1H3. The van der Waals surface area contributed by atoms with Gasteiger partial charge in [-0.2, -0.15) is 4.68 Å². The lowest BCUT2D eigenvalue weighted by atomic mass is 10.2. The van der Waals surface area contributed by atoms with Gasteiger partial charge in [-0.05, 0) is 65.9 Å². The molecule has 160 valence electrons. The van der Waals surface area contributed by atoms with E-state index < -0.39 is 0 Å². The van der Waals surface area contributed by atoms with Gasteiger partial charge in [0.05, 0.1) is 29.4 Å². The molecule has 0 unspecified atom stereocenters. The number of fused-ring (bicyclic) bond motifs is 2. The van der Waals surface area contributed by atoms with Gasteiger partial charge in [-0.25, -0.2) is 0 Å². The highest BCUT2D eigenvalue weighted by atomic mass is 32.2. The summed E-state index contributed by atoms with van der Waals surface area (Å²) in [6, 6.07) is 23.4. The summed E-state index contributed by atoms with van der Waals surface area (Å²) in [5.74, 6) is 0.954. The van der Waals surface area contributed by atoms with Crippen molar-refractivity contribution in [3.05, 3.63) is 72.8 Å². The molecule has 7 nitrogen and oxygen atoms in total. The van der Waals surface area contributed by atoms with E-state index in [0.29, 0.717) is 11.8 Å². The Morgan fingerprint density at radius 3 is 2.28 bits per heavy atom. The lowest BCUT2D eigenvalue weighted by Gasteiger charge is -2.30. The van der Waals surface area contributed by atoms with Crippen molar-refractivity contribution in [2.75, 3.05) is 17.3 Å². The average Bonchev–Trinajstić information content (AvgIpc) is 3.30. The molecule has 3 aromatic carbocycles. The quantitative estimate of drug-likeness (QED) is 0.375. The molecule has 5 rings (SSSR count). The van der Waals surface area contributed by atoms with Crippen LogP contribution in [-0.2, 0) is 4.79 Å². The van der Waals surface area contributed by atoms with Gasteiger partial charge in [0.1, 0.15) is 5.75 Å². The van der Waals surface area contributed by atoms with E-state index in [-0.39, 0.29) is 11.7 Å². The van der Waals surface area contributed by atoms with E-state index in [1.807, 2.05) is 79.7 Å².